The minimum Gasteiger partial charge on any atom is -0.454 e. The Morgan fingerprint density at radius 3 is 2.59 bits per heavy atom. The summed E-state index contributed by atoms with van der Waals surface area (Å²) in [6, 6.07) is 0. The molecular weight excluding hydrogens is 344 g/mol. The van der Waals surface area contributed by atoms with Crippen LogP contribution in [-0.2, 0) is 19.1 Å². The molecule has 0 amide bonds. The molecule has 7 atom stereocenters. The Hall–Kier alpha value is -1.20. The third-order valence-electron chi connectivity index (χ3n) is 7.99. The number of ketones is 1. The van der Waals surface area contributed by atoms with Crippen LogP contribution in [0.3, 0.4) is 0 Å². The molecule has 0 saturated heterocycles. The number of carbonyl (C=O) groups is 2. The van der Waals surface area contributed by atoms with Gasteiger partial charge >= 0.3 is 5.97 Å². The average molecular weight is 376 g/mol. The monoisotopic (exact) mass is 376 g/mol. The van der Waals surface area contributed by atoms with Gasteiger partial charge in [-0.3, -0.25) is 9.59 Å². The van der Waals surface area contributed by atoms with Crippen molar-refractivity contribution >= 4 is 11.8 Å². The van der Waals surface area contributed by atoms with Crippen molar-refractivity contribution < 1.29 is 24.2 Å². The molecule has 5 nitrogen and oxygen atoms in total. The minimum absolute atomic E-state index is 0.00876. The summed E-state index contributed by atoms with van der Waals surface area (Å²) >= 11 is 0. The number of esters is 1. The first-order valence-electron chi connectivity index (χ1n) is 10.3. The number of hydrogen-bond acceptors (Lipinski definition) is 5. The second kappa shape index (κ2) is 6.15. The summed E-state index contributed by atoms with van der Waals surface area (Å²) in [4.78, 5) is 25.3. The Morgan fingerprint density at radius 2 is 1.96 bits per heavy atom. The van der Waals surface area contributed by atoms with Gasteiger partial charge in [0.05, 0.1) is 24.7 Å². The maximum absolute atomic E-state index is 13.6. The number of Topliss-reactive ketones (excluding diaryl/α,β-unsaturated/α-hetero) is 1. The molecular formula is C22H32O5. The highest BCUT2D eigenvalue weighted by Gasteiger charge is 2.66. The van der Waals surface area contributed by atoms with Gasteiger partial charge in [-0.2, -0.15) is 0 Å². The van der Waals surface area contributed by atoms with Crippen LogP contribution >= 0.6 is 0 Å². The van der Waals surface area contributed by atoms with Crippen LogP contribution in [0.2, 0.25) is 0 Å². The maximum atomic E-state index is 13.6. The Morgan fingerprint density at radius 1 is 1.26 bits per heavy atom. The van der Waals surface area contributed by atoms with Gasteiger partial charge in [0.25, 0.3) is 0 Å². The summed E-state index contributed by atoms with van der Waals surface area (Å²) in [6.45, 7) is 10.5. The lowest BCUT2D eigenvalue weighted by Crippen LogP contribution is -2.40. The summed E-state index contributed by atoms with van der Waals surface area (Å²) in [5.41, 5.74) is 1.89. The van der Waals surface area contributed by atoms with E-state index in [2.05, 4.69) is 27.7 Å². The van der Waals surface area contributed by atoms with Crippen LogP contribution < -0.4 is 0 Å². The largest absolute Gasteiger partial charge is 0.454 e. The third-order valence-corrected chi connectivity index (χ3v) is 7.99. The zero-order valence-electron chi connectivity index (χ0n) is 17.1. The van der Waals surface area contributed by atoms with E-state index in [0.29, 0.717) is 6.61 Å². The number of aliphatic hydroxyl groups excluding tert-OH is 1. The van der Waals surface area contributed by atoms with E-state index in [0.717, 1.165) is 31.3 Å². The van der Waals surface area contributed by atoms with Crippen LogP contribution in [0.1, 0.15) is 60.3 Å². The first-order chi connectivity index (χ1) is 12.6. The third kappa shape index (κ3) is 2.57. The van der Waals surface area contributed by atoms with Crippen molar-refractivity contribution in [3.8, 4) is 0 Å². The fourth-order valence-corrected chi connectivity index (χ4v) is 6.83. The first-order valence-corrected chi connectivity index (χ1v) is 10.3. The smallest absolute Gasteiger partial charge is 0.303 e. The van der Waals surface area contributed by atoms with Crippen LogP contribution in [0.5, 0.6) is 0 Å². The van der Waals surface area contributed by atoms with E-state index >= 15 is 0 Å². The van der Waals surface area contributed by atoms with E-state index in [1.54, 1.807) is 0 Å². The van der Waals surface area contributed by atoms with Crippen molar-refractivity contribution in [2.75, 3.05) is 6.61 Å². The predicted octanol–water partition coefficient (Wildman–Crippen LogP) is 3.05. The molecule has 4 aliphatic rings. The van der Waals surface area contributed by atoms with Crippen molar-refractivity contribution in [1.82, 2.24) is 0 Å². The molecule has 1 N–H and O–H groups in total. The Kier molecular flexibility index (Phi) is 4.36. The van der Waals surface area contributed by atoms with Gasteiger partial charge in [0.15, 0.2) is 11.9 Å². The van der Waals surface area contributed by atoms with Crippen LogP contribution in [0.15, 0.2) is 11.1 Å². The van der Waals surface area contributed by atoms with Crippen LogP contribution in [0.4, 0.5) is 0 Å². The van der Waals surface area contributed by atoms with Crippen LogP contribution in [0, 0.1) is 28.6 Å². The number of hydrogen-bond donors (Lipinski definition) is 1. The highest BCUT2D eigenvalue weighted by molar-refractivity contribution is 5.92. The zero-order valence-corrected chi connectivity index (χ0v) is 17.1. The Balaban J connectivity index is 1.84. The van der Waals surface area contributed by atoms with E-state index < -0.39 is 18.2 Å². The van der Waals surface area contributed by atoms with E-state index in [9.17, 15) is 14.7 Å². The first kappa shape index (κ1) is 19.1. The van der Waals surface area contributed by atoms with E-state index in [1.807, 2.05) is 0 Å². The lowest BCUT2D eigenvalue weighted by atomic mass is 9.66. The number of ether oxygens (including phenoxy) is 2. The predicted molar refractivity (Wildman–Crippen MR) is 99.8 cm³/mol. The number of rotatable bonds is 2. The van der Waals surface area contributed by atoms with E-state index in [-0.39, 0.29) is 40.5 Å². The molecule has 0 radical (unpaired) electrons. The van der Waals surface area contributed by atoms with Gasteiger partial charge in [-0.25, -0.2) is 0 Å². The standard InChI is InChI=1S/C22H32O5/c1-11(2)15-20(27-12(3)23)18(25)17-19-16-13(10-26-19)14(24)6-7-21(16,4)8-9-22(15,17)5/h11,14-15,17,19-20,24H,6-10H2,1-5H3/t14-,15-,17+,19+,20-,21-,22+/m0/s1. The molecule has 3 aliphatic carbocycles. The average Bonchev–Trinajstić information content (AvgIpc) is 3.06. The molecule has 0 aromatic carbocycles. The van der Waals surface area contributed by atoms with Crippen molar-refractivity contribution in [2.45, 2.75) is 78.6 Å². The molecule has 0 spiro atoms. The molecule has 150 valence electrons. The molecule has 2 saturated carbocycles. The molecule has 27 heavy (non-hydrogen) atoms. The molecule has 5 heteroatoms. The summed E-state index contributed by atoms with van der Waals surface area (Å²) in [5, 5.41) is 10.5. The normalized spacial score (nSPS) is 46.3. The molecule has 1 heterocycles. The minimum atomic E-state index is -0.691. The number of carbonyl (C=O) groups excluding carboxylic acids is 2. The highest BCUT2D eigenvalue weighted by atomic mass is 16.5. The summed E-state index contributed by atoms with van der Waals surface area (Å²) in [6.07, 6.45) is 2.16. The second-order valence-corrected chi connectivity index (χ2v) is 9.97. The van der Waals surface area contributed by atoms with Gasteiger partial charge < -0.3 is 14.6 Å². The summed E-state index contributed by atoms with van der Waals surface area (Å²) in [5.74, 6) is -0.491. The van der Waals surface area contributed by atoms with Crippen LogP contribution in [-0.4, -0.2) is 41.8 Å². The lowest BCUT2D eigenvalue weighted by molar-refractivity contribution is -0.155. The fourth-order valence-electron chi connectivity index (χ4n) is 6.83. The van der Waals surface area contributed by atoms with E-state index in [4.69, 9.17) is 9.47 Å². The summed E-state index contributed by atoms with van der Waals surface area (Å²) < 4.78 is 11.8. The Labute approximate surface area is 161 Å². The molecule has 0 bridgehead atoms. The molecule has 4 rings (SSSR count). The molecule has 0 aromatic heterocycles. The van der Waals surface area contributed by atoms with Gasteiger partial charge in [-0.1, -0.05) is 27.7 Å². The zero-order chi connectivity index (χ0) is 19.7. The Bertz CT molecular complexity index is 709. The van der Waals surface area contributed by atoms with Gasteiger partial charge in [0.1, 0.15) is 0 Å². The molecule has 2 fully saturated rings. The van der Waals surface area contributed by atoms with Crippen molar-refractivity contribution in [3.05, 3.63) is 11.1 Å². The van der Waals surface area contributed by atoms with Gasteiger partial charge in [-0.15, -0.1) is 0 Å². The molecule has 0 aromatic rings. The molecule has 0 unspecified atom stereocenters. The van der Waals surface area contributed by atoms with Crippen molar-refractivity contribution in [1.29, 1.82) is 0 Å². The van der Waals surface area contributed by atoms with Crippen molar-refractivity contribution in [2.24, 2.45) is 28.6 Å². The fraction of sp³-hybridized carbons (Fsp3) is 0.818. The van der Waals surface area contributed by atoms with Gasteiger partial charge in [0.2, 0.25) is 0 Å². The molecule has 1 aliphatic heterocycles. The van der Waals surface area contributed by atoms with Crippen molar-refractivity contribution in [3.63, 3.8) is 0 Å². The highest BCUT2D eigenvalue weighted by Crippen LogP contribution is 2.63. The summed E-state index contributed by atoms with van der Waals surface area (Å²) in [7, 11) is 0. The lowest BCUT2D eigenvalue weighted by Gasteiger charge is -2.39. The quantitative estimate of drug-likeness (QED) is 0.592. The SMILES string of the molecule is CC(=O)O[C@@H]1C(=O)[C@@H]2[C@@H]3OCC4=C3[C@@](C)(CC[C@@H]4O)CC[C@]2(C)[C@H]1C(C)C. The topological polar surface area (TPSA) is 72.8 Å². The second-order valence-electron chi connectivity index (χ2n) is 9.97. The van der Waals surface area contributed by atoms with Gasteiger partial charge in [-0.05, 0) is 53.6 Å². The number of fused-ring (bicyclic) bond motifs is 2. The van der Waals surface area contributed by atoms with E-state index in [1.165, 1.54) is 12.5 Å². The van der Waals surface area contributed by atoms with Gasteiger partial charge in [0, 0.05) is 12.8 Å². The van der Waals surface area contributed by atoms with Crippen LogP contribution in [0.25, 0.3) is 0 Å². The number of aliphatic hydroxyl groups is 1. The maximum Gasteiger partial charge on any atom is 0.303 e.